The first-order valence-electron chi connectivity index (χ1n) is 7.20. The maximum atomic E-state index is 3.52. The molecule has 3 heteroatoms. The summed E-state index contributed by atoms with van der Waals surface area (Å²) in [6.45, 7) is 5.85. The van der Waals surface area contributed by atoms with Gasteiger partial charge in [-0.25, -0.2) is 0 Å². The number of hydrogen-bond acceptors (Lipinski definition) is 1. The van der Waals surface area contributed by atoms with Crippen molar-refractivity contribution < 1.29 is 0 Å². The summed E-state index contributed by atoms with van der Waals surface area (Å²) in [5.74, 6) is 0.720. The molecular weight excluding hydrogens is 268 g/mol. The number of halogens is 1. The largest absolute Gasteiger partial charge is 0.344 e. The van der Waals surface area contributed by atoms with Gasteiger partial charge < -0.3 is 9.88 Å². The number of nitrogens with one attached hydrogen (secondary N) is 1. The van der Waals surface area contributed by atoms with Crippen LogP contribution >= 0.6 is 12.4 Å². The second kappa shape index (κ2) is 5.79. The molecule has 0 fully saturated rings. The van der Waals surface area contributed by atoms with E-state index >= 15 is 0 Å². The summed E-state index contributed by atoms with van der Waals surface area (Å²) >= 11 is 0. The van der Waals surface area contributed by atoms with Gasteiger partial charge in [-0.3, -0.25) is 0 Å². The van der Waals surface area contributed by atoms with E-state index in [2.05, 4.69) is 35.0 Å². The molecule has 20 heavy (non-hydrogen) atoms. The zero-order valence-electron chi connectivity index (χ0n) is 11.4. The van der Waals surface area contributed by atoms with Crippen molar-refractivity contribution in [2.24, 2.45) is 0 Å². The topological polar surface area (TPSA) is 17.0 Å². The Morgan fingerprint density at radius 1 is 1.20 bits per heavy atom. The van der Waals surface area contributed by atoms with E-state index in [1.807, 2.05) is 0 Å². The first kappa shape index (κ1) is 15.4. The molecule has 0 amide bonds. The monoisotopic (exact) mass is 292 g/mol. The molecule has 1 N–H and O–H groups in total. The van der Waals surface area contributed by atoms with Gasteiger partial charge in [0.25, 0.3) is 0 Å². The van der Waals surface area contributed by atoms with Crippen LogP contribution in [-0.2, 0) is 19.4 Å². The van der Waals surface area contributed by atoms with Crippen LogP contribution in [0.3, 0.4) is 0 Å². The number of rotatable bonds is 0. The Morgan fingerprint density at radius 2 is 2.00 bits per heavy atom. The third-order valence-electron chi connectivity index (χ3n) is 4.74. The van der Waals surface area contributed by atoms with Crippen molar-refractivity contribution in [1.82, 2.24) is 9.88 Å². The van der Waals surface area contributed by atoms with Gasteiger partial charge in [-0.1, -0.05) is 32.5 Å². The molecular formula is C17H25ClN2. The van der Waals surface area contributed by atoms with Crippen LogP contribution in [0.2, 0.25) is 0 Å². The van der Waals surface area contributed by atoms with Crippen LogP contribution in [-0.4, -0.2) is 17.7 Å². The molecule has 2 aliphatic heterocycles. The molecule has 0 aliphatic carbocycles. The van der Waals surface area contributed by atoms with Gasteiger partial charge in [0, 0.05) is 30.6 Å². The van der Waals surface area contributed by atoms with E-state index in [0.717, 1.165) is 19.0 Å². The van der Waals surface area contributed by atoms with Crippen LogP contribution < -0.4 is 5.32 Å². The lowest BCUT2D eigenvalue weighted by Gasteiger charge is -2.23. The number of fused-ring (bicyclic) bond motifs is 3. The number of aryl methyl sites for hydroxylation is 1. The summed E-state index contributed by atoms with van der Waals surface area (Å²) in [4.78, 5) is 0. The fourth-order valence-electron chi connectivity index (χ4n) is 3.79. The molecule has 2 aliphatic rings. The Hall–Kier alpha value is -0.990. The maximum absolute atomic E-state index is 3.52. The Bertz CT molecular complexity index is 615. The second-order valence-corrected chi connectivity index (χ2v) is 5.76. The molecule has 0 radical (unpaired) electrons. The van der Waals surface area contributed by atoms with E-state index in [-0.39, 0.29) is 19.8 Å². The lowest BCUT2D eigenvalue weighted by atomic mass is 9.93. The molecule has 2 nitrogen and oxygen atoms in total. The minimum atomic E-state index is 0. The number of benzene rings is 1. The highest BCUT2D eigenvalue weighted by Gasteiger charge is 2.25. The van der Waals surface area contributed by atoms with Gasteiger partial charge in [0.1, 0.15) is 0 Å². The van der Waals surface area contributed by atoms with Crippen LogP contribution in [0.4, 0.5) is 0 Å². The van der Waals surface area contributed by atoms with Gasteiger partial charge in [0.05, 0.1) is 5.52 Å². The fraction of sp³-hybridized carbons (Fsp3) is 0.529. The molecule has 1 atom stereocenters. The van der Waals surface area contributed by atoms with Crippen molar-refractivity contribution in [2.45, 2.75) is 46.1 Å². The number of para-hydroxylation sites is 1. The minimum absolute atomic E-state index is 0. The Kier molecular flexibility index (Phi) is 4.46. The van der Waals surface area contributed by atoms with Crippen LogP contribution in [0.5, 0.6) is 0 Å². The lowest BCUT2D eigenvalue weighted by molar-refractivity contribution is 0.546. The van der Waals surface area contributed by atoms with Crippen molar-refractivity contribution in [3.63, 3.8) is 0 Å². The molecule has 1 aromatic heterocycles. The van der Waals surface area contributed by atoms with Gasteiger partial charge in [-0.15, -0.1) is 12.4 Å². The molecule has 1 aromatic carbocycles. The molecule has 0 spiro atoms. The van der Waals surface area contributed by atoms with Crippen molar-refractivity contribution in [1.29, 1.82) is 0 Å². The normalized spacial score (nSPS) is 20.6. The summed E-state index contributed by atoms with van der Waals surface area (Å²) in [5.41, 5.74) is 6.34. The third-order valence-corrected chi connectivity index (χ3v) is 4.74. The highest BCUT2D eigenvalue weighted by molar-refractivity contribution is 5.89. The van der Waals surface area contributed by atoms with E-state index in [1.165, 1.54) is 31.2 Å². The predicted molar refractivity (Wildman–Crippen MR) is 89.2 cm³/mol. The van der Waals surface area contributed by atoms with Gasteiger partial charge in [-0.2, -0.15) is 0 Å². The first-order valence-corrected chi connectivity index (χ1v) is 7.20. The summed E-state index contributed by atoms with van der Waals surface area (Å²) in [6, 6.07) is 6.92. The zero-order chi connectivity index (χ0) is 12.1. The maximum Gasteiger partial charge on any atom is 0.0520 e. The van der Waals surface area contributed by atoms with Crippen LogP contribution in [0.25, 0.3) is 10.9 Å². The van der Waals surface area contributed by atoms with Gasteiger partial charge in [0.15, 0.2) is 0 Å². The predicted octanol–water partition coefficient (Wildman–Crippen LogP) is 3.89. The molecule has 1 unspecified atom stereocenters. The summed E-state index contributed by atoms with van der Waals surface area (Å²) in [7, 11) is 0. The zero-order valence-corrected chi connectivity index (χ0v) is 12.2. The molecule has 0 saturated carbocycles. The minimum Gasteiger partial charge on any atom is -0.344 e. The van der Waals surface area contributed by atoms with Crippen molar-refractivity contribution >= 4 is 23.3 Å². The highest BCUT2D eigenvalue weighted by Crippen LogP contribution is 2.38. The number of nitrogens with zero attached hydrogens (tertiary/aromatic N) is 1. The summed E-state index contributed by atoms with van der Waals surface area (Å²) < 4.78 is 2.62. The van der Waals surface area contributed by atoms with Gasteiger partial charge >= 0.3 is 0 Å². The van der Waals surface area contributed by atoms with E-state index in [1.54, 1.807) is 22.3 Å². The van der Waals surface area contributed by atoms with Gasteiger partial charge in [-0.05, 0) is 36.4 Å². The second-order valence-electron chi connectivity index (χ2n) is 5.76. The SMILES string of the molecule is C.CC1CCn2c3c(c4cccc1c42)CCNCC3.Cl. The molecule has 0 saturated heterocycles. The summed E-state index contributed by atoms with van der Waals surface area (Å²) in [6.07, 6.45) is 3.68. The lowest BCUT2D eigenvalue weighted by Crippen LogP contribution is -2.18. The average molecular weight is 293 g/mol. The van der Waals surface area contributed by atoms with E-state index in [4.69, 9.17) is 0 Å². The fourth-order valence-corrected chi connectivity index (χ4v) is 3.79. The van der Waals surface area contributed by atoms with E-state index in [9.17, 15) is 0 Å². The van der Waals surface area contributed by atoms with E-state index in [0.29, 0.717) is 0 Å². The number of aromatic nitrogens is 1. The van der Waals surface area contributed by atoms with Crippen molar-refractivity contribution in [3.8, 4) is 0 Å². The van der Waals surface area contributed by atoms with Crippen molar-refractivity contribution in [3.05, 3.63) is 35.0 Å². The van der Waals surface area contributed by atoms with Crippen LogP contribution in [0.15, 0.2) is 18.2 Å². The number of hydrogen-bond donors (Lipinski definition) is 1. The molecule has 3 heterocycles. The van der Waals surface area contributed by atoms with Gasteiger partial charge in [0.2, 0.25) is 0 Å². The van der Waals surface area contributed by atoms with E-state index < -0.39 is 0 Å². The molecule has 0 bridgehead atoms. The first-order chi connectivity index (χ1) is 8.86. The quantitative estimate of drug-likeness (QED) is 0.779. The Labute approximate surface area is 128 Å². The van der Waals surface area contributed by atoms with Crippen LogP contribution in [0.1, 0.15) is 43.5 Å². The van der Waals surface area contributed by atoms with Crippen LogP contribution in [0, 0.1) is 0 Å². The molecule has 110 valence electrons. The standard InChI is InChI=1S/C16H20N2.CH4.ClH/c1-11-7-10-18-15-6-9-17-8-5-13(15)14-4-2-3-12(11)16(14)18;;/h2-4,11,17H,5-10H2,1H3;1H4;1H. The Balaban J connectivity index is 0.000000735. The average Bonchev–Trinajstić information content (AvgIpc) is 2.57. The molecule has 2 aromatic rings. The molecule has 4 rings (SSSR count). The summed E-state index contributed by atoms with van der Waals surface area (Å²) in [5, 5.41) is 5.05. The Morgan fingerprint density at radius 3 is 2.85 bits per heavy atom. The highest BCUT2D eigenvalue weighted by atomic mass is 35.5. The third kappa shape index (κ3) is 2.06. The smallest absolute Gasteiger partial charge is 0.0520 e. The van der Waals surface area contributed by atoms with Crippen molar-refractivity contribution in [2.75, 3.05) is 13.1 Å².